The second-order valence-corrected chi connectivity index (χ2v) is 10.2. The molecular weight excluding hydrogens is 512 g/mol. The Morgan fingerprint density at radius 1 is 1.12 bits per heavy atom. The lowest BCUT2D eigenvalue weighted by Crippen LogP contribution is -2.45. The first-order valence-corrected chi connectivity index (χ1v) is 12.8. The molecule has 2 aliphatic rings. The number of imide groups is 1. The Hall–Kier alpha value is -4.75. The fraction of sp³-hybridized carbons (Fsp3) is 0.300. The molecule has 2 aromatic rings. The molecule has 2 aromatic carbocycles. The van der Waals surface area contributed by atoms with E-state index in [1.165, 1.54) is 13.0 Å². The minimum absolute atomic E-state index is 0.0286. The van der Waals surface area contributed by atoms with Gasteiger partial charge in [0.1, 0.15) is 24.0 Å². The summed E-state index contributed by atoms with van der Waals surface area (Å²) in [6, 6.07) is 15.9. The Balaban J connectivity index is 1.78. The van der Waals surface area contributed by atoms with Gasteiger partial charge < -0.3 is 14.7 Å². The van der Waals surface area contributed by atoms with Crippen molar-refractivity contribution in [3.63, 3.8) is 0 Å². The first-order valence-electron chi connectivity index (χ1n) is 12.8. The molecule has 1 N–H and O–H groups in total. The molecule has 0 bridgehead atoms. The van der Waals surface area contributed by atoms with Gasteiger partial charge in [0.15, 0.2) is 0 Å². The van der Waals surface area contributed by atoms with Crippen molar-refractivity contribution in [3.05, 3.63) is 98.8 Å². The lowest BCUT2D eigenvalue weighted by atomic mass is 9.83. The summed E-state index contributed by atoms with van der Waals surface area (Å²) in [5.74, 6) is -0.642. The van der Waals surface area contributed by atoms with Crippen LogP contribution in [0.15, 0.2) is 83.1 Å². The van der Waals surface area contributed by atoms with Gasteiger partial charge in [-0.05, 0) is 55.3 Å². The van der Waals surface area contributed by atoms with Gasteiger partial charge in [-0.1, -0.05) is 32.0 Å². The van der Waals surface area contributed by atoms with Gasteiger partial charge in [-0.2, -0.15) is 5.26 Å². The number of fused-ring (bicyclic) bond motifs is 1. The number of hydrogen-bond donors (Lipinski definition) is 1. The Morgan fingerprint density at radius 3 is 2.45 bits per heavy atom. The van der Waals surface area contributed by atoms with Crippen LogP contribution in [0.25, 0.3) is 0 Å². The fourth-order valence-electron chi connectivity index (χ4n) is 5.04. The van der Waals surface area contributed by atoms with Crippen LogP contribution in [0.5, 0.6) is 5.75 Å². The van der Waals surface area contributed by atoms with Crippen molar-refractivity contribution in [1.82, 2.24) is 4.90 Å². The Labute approximate surface area is 232 Å². The Bertz CT molecular complexity index is 1500. The van der Waals surface area contributed by atoms with Crippen molar-refractivity contribution in [2.45, 2.75) is 39.2 Å². The molecule has 0 fully saturated rings. The maximum absolute atomic E-state index is 13.3. The number of non-ortho nitro benzene ring substituents is 1. The number of nitriles is 1. The van der Waals surface area contributed by atoms with Crippen LogP contribution in [-0.4, -0.2) is 52.5 Å². The van der Waals surface area contributed by atoms with E-state index >= 15 is 0 Å². The smallest absolute Gasteiger partial charge is 0.271 e. The summed E-state index contributed by atoms with van der Waals surface area (Å²) >= 11 is 0. The highest BCUT2D eigenvalue weighted by molar-refractivity contribution is 6.18. The average molecular weight is 543 g/mol. The number of aliphatic hydroxyl groups excluding tert-OH is 1. The summed E-state index contributed by atoms with van der Waals surface area (Å²) < 4.78 is 5.92. The van der Waals surface area contributed by atoms with E-state index in [1.54, 1.807) is 31.2 Å². The highest BCUT2D eigenvalue weighted by Gasteiger charge is 2.41. The number of para-hydroxylation sites is 1. The summed E-state index contributed by atoms with van der Waals surface area (Å²) in [6.07, 6.45) is 2.35. The maximum atomic E-state index is 13.3. The lowest BCUT2D eigenvalue weighted by molar-refractivity contribution is -0.384. The quantitative estimate of drug-likeness (QED) is 0.227. The van der Waals surface area contributed by atoms with E-state index in [1.807, 2.05) is 55.1 Å². The number of amides is 2. The van der Waals surface area contributed by atoms with Crippen LogP contribution in [-0.2, 0) is 15.0 Å². The highest BCUT2D eigenvalue weighted by atomic mass is 16.6. The molecular formula is C30H30N4O6. The second kappa shape index (κ2) is 11.2. The molecule has 2 aliphatic heterocycles. The number of nitro groups is 1. The topological polar surface area (TPSA) is 137 Å². The van der Waals surface area contributed by atoms with Crippen molar-refractivity contribution in [2.24, 2.45) is 0 Å². The van der Waals surface area contributed by atoms with E-state index in [9.17, 15) is 30.1 Å². The minimum Gasteiger partial charge on any atom is -0.492 e. The van der Waals surface area contributed by atoms with Crippen LogP contribution in [0.1, 0.15) is 33.3 Å². The molecule has 4 rings (SSSR count). The van der Waals surface area contributed by atoms with Gasteiger partial charge in [-0.15, -0.1) is 0 Å². The maximum Gasteiger partial charge on any atom is 0.271 e. The summed E-state index contributed by atoms with van der Waals surface area (Å²) in [7, 11) is 0. The van der Waals surface area contributed by atoms with Crippen molar-refractivity contribution in [1.29, 1.82) is 5.26 Å². The molecule has 0 saturated carbocycles. The SMILES string of the molecule is CC1=C(C#N)C(=O)N(CC(C)O)C(=O)/C1=C\C=C1\N(CCOc2ccccc2)c2ccc([N+](=O)[O-])cc2C1(C)C. The van der Waals surface area contributed by atoms with Gasteiger partial charge in [0, 0.05) is 34.5 Å². The molecule has 40 heavy (non-hydrogen) atoms. The van der Waals surface area contributed by atoms with Gasteiger partial charge >= 0.3 is 0 Å². The van der Waals surface area contributed by atoms with Gasteiger partial charge in [-0.25, -0.2) is 0 Å². The van der Waals surface area contributed by atoms with Crippen LogP contribution in [0.4, 0.5) is 11.4 Å². The number of nitro benzene ring substituents is 1. The highest BCUT2D eigenvalue weighted by Crippen LogP contribution is 2.49. The normalized spacial score (nSPS) is 19.2. The molecule has 2 heterocycles. The number of benzene rings is 2. The van der Waals surface area contributed by atoms with Gasteiger partial charge in [0.05, 0.1) is 24.1 Å². The van der Waals surface area contributed by atoms with Crippen LogP contribution < -0.4 is 9.64 Å². The summed E-state index contributed by atoms with van der Waals surface area (Å²) in [5.41, 5.74) is 1.81. The van der Waals surface area contributed by atoms with E-state index in [2.05, 4.69) is 0 Å². The summed E-state index contributed by atoms with van der Waals surface area (Å²) in [5, 5.41) is 31.0. The number of carbonyl (C=O) groups excluding carboxylic acids is 2. The molecule has 0 radical (unpaired) electrons. The zero-order chi connectivity index (χ0) is 29.2. The van der Waals surface area contributed by atoms with Gasteiger partial charge in [0.25, 0.3) is 17.5 Å². The standard InChI is InChI=1S/C30H30N4O6/c1-19(35)18-33-28(36)23(20(2)24(17-31)29(33)37)11-13-27-30(3,4)25-16-21(34(38)39)10-12-26(25)32(27)14-15-40-22-8-6-5-7-9-22/h5-13,16,19,35H,14-15,18H2,1-4H3/b23-11-,27-13+. The van der Waals surface area contributed by atoms with E-state index in [4.69, 9.17) is 4.74 Å². The number of carbonyl (C=O) groups is 2. The van der Waals surface area contributed by atoms with Crippen molar-refractivity contribution in [3.8, 4) is 11.8 Å². The zero-order valence-electron chi connectivity index (χ0n) is 22.7. The first kappa shape index (κ1) is 28.3. The predicted octanol–water partition coefficient (Wildman–Crippen LogP) is 4.17. The van der Waals surface area contributed by atoms with Gasteiger partial charge in [-0.3, -0.25) is 24.6 Å². The summed E-state index contributed by atoms with van der Waals surface area (Å²) in [4.78, 5) is 40.0. The Kier molecular flexibility index (Phi) is 7.89. The average Bonchev–Trinajstić information content (AvgIpc) is 3.12. The van der Waals surface area contributed by atoms with Crippen LogP contribution in [0, 0.1) is 21.4 Å². The largest absolute Gasteiger partial charge is 0.492 e. The van der Waals surface area contributed by atoms with E-state index in [0.29, 0.717) is 18.9 Å². The molecule has 206 valence electrons. The van der Waals surface area contributed by atoms with Gasteiger partial charge in [0.2, 0.25) is 0 Å². The van der Waals surface area contributed by atoms with Crippen LogP contribution >= 0.6 is 0 Å². The minimum atomic E-state index is -0.968. The monoisotopic (exact) mass is 542 g/mol. The Morgan fingerprint density at radius 2 is 1.82 bits per heavy atom. The summed E-state index contributed by atoms with van der Waals surface area (Å²) in [6.45, 7) is 7.36. The molecule has 10 nitrogen and oxygen atoms in total. The van der Waals surface area contributed by atoms with Crippen molar-refractivity contribution >= 4 is 23.2 Å². The molecule has 1 atom stereocenters. The molecule has 0 saturated heterocycles. The number of allylic oxidation sites excluding steroid dienone is 3. The number of ether oxygens (including phenoxy) is 1. The van der Waals surface area contributed by atoms with E-state index < -0.39 is 28.3 Å². The molecule has 0 spiro atoms. The third kappa shape index (κ3) is 5.24. The lowest BCUT2D eigenvalue weighted by Gasteiger charge is -2.29. The molecule has 0 aliphatic carbocycles. The third-order valence-electron chi connectivity index (χ3n) is 7.09. The third-order valence-corrected chi connectivity index (χ3v) is 7.09. The number of rotatable bonds is 8. The van der Waals surface area contributed by atoms with Crippen molar-refractivity contribution < 1.29 is 24.4 Å². The van der Waals surface area contributed by atoms with Crippen LogP contribution in [0.3, 0.4) is 0 Å². The first-order chi connectivity index (χ1) is 19.0. The van der Waals surface area contributed by atoms with Crippen LogP contribution in [0.2, 0.25) is 0 Å². The second-order valence-electron chi connectivity index (χ2n) is 10.2. The van der Waals surface area contributed by atoms with E-state index in [-0.39, 0.29) is 29.0 Å². The molecule has 10 heteroatoms. The fourth-order valence-corrected chi connectivity index (χ4v) is 5.04. The number of aliphatic hydroxyl groups is 1. The van der Waals surface area contributed by atoms with E-state index in [0.717, 1.165) is 21.8 Å². The zero-order valence-corrected chi connectivity index (χ0v) is 22.7. The number of anilines is 1. The number of hydrogen-bond acceptors (Lipinski definition) is 8. The number of β-amino-alcohol motifs (C(OH)–C–C–N with tert-alkyl or cyclic N) is 1. The molecule has 2 amide bonds. The molecule has 1 unspecified atom stereocenters. The van der Waals surface area contributed by atoms with Crippen molar-refractivity contribution in [2.75, 3.05) is 24.6 Å². The predicted molar refractivity (Wildman–Crippen MR) is 148 cm³/mol. The molecule has 0 aromatic heterocycles. The number of nitrogens with zero attached hydrogens (tertiary/aromatic N) is 4.